The van der Waals surface area contributed by atoms with Crippen molar-refractivity contribution in [2.24, 2.45) is 0 Å². The molecule has 1 aromatic carbocycles. The van der Waals surface area contributed by atoms with Gasteiger partial charge < -0.3 is 19.5 Å². The van der Waals surface area contributed by atoms with Gasteiger partial charge in [-0.3, -0.25) is 10.1 Å². The molecule has 140 valence electrons. The second-order valence-corrected chi connectivity index (χ2v) is 6.34. The lowest BCUT2D eigenvalue weighted by molar-refractivity contribution is -0.123. The highest BCUT2D eigenvalue weighted by atomic mass is 16.5. The average Bonchev–Trinajstić information content (AvgIpc) is 3.28. The summed E-state index contributed by atoms with van der Waals surface area (Å²) in [6.45, 7) is 0.732. The van der Waals surface area contributed by atoms with E-state index in [-0.39, 0.29) is 12.1 Å². The van der Waals surface area contributed by atoms with E-state index >= 15 is 0 Å². The Morgan fingerprint density at radius 1 is 1.12 bits per heavy atom. The Balaban J connectivity index is 1.37. The van der Waals surface area contributed by atoms with E-state index in [2.05, 4.69) is 10.6 Å². The number of esters is 1. The number of ether oxygens (including phenoxy) is 3. The molecule has 8 nitrogen and oxygen atoms in total. The number of nitrogens with one attached hydrogen (secondary N) is 2. The topological polar surface area (TPSA) is 103 Å². The van der Waals surface area contributed by atoms with E-state index in [0.717, 1.165) is 32.3 Å². The Kier molecular flexibility index (Phi) is 6.06. The molecule has 0 aromatic heterocycles. The summed E-state index contributed by atoms with van der Waals surface area (Å²) in [6.07, 6.45) is 4.00. The fraction of sp³-hybridized carbons (Fsp3) is 0.500. The standard InChI is InChI=1S/C18H22N2O6/c21-16(20-18(23)19-13-5-6-13)11-26-17(22)12-3-7-14(8-4-12)25-10-15-2-1-9-24-15/h3-4,7-8,13,15H,1-2,5-6,9-11H2,(H2,19,20,21,23)/t15-/m0/s1. The van der Waals surface area contributed by atoms with E-state index in [1.165, 1.54) is 0 Å². The second-order valence-electron chi connectivity index (χ2n) is 6.34. The zero-order valence-corrected chi connectivity index (χ0v) is 14.4. The van der Waals surface area contributed by atoms with Gasteiger partial charge in [0.05, 0.1) is 11.7 Å². The number of hydrogen-bond acceptors (Lipinski definition) is 6. The first-order valence-corrected chi connectivity index (χ1v) is 8.72. The molecule has 1 aliphatic heterocycles. The summed E-state index contributed by atoms with van der Waals surface area (Å²) >= 11 is 0. The van der Waals surface area contributed by atoms with Gasteiger partial charge in [0.25, 0.3) is 5.91 Å². The van der Waals surface area contributed by atoms with Gasteiger partial charge >= 0.3 is 12.0 Å². The van der Waals surface area contributed by atoms with Gasteiger partial charge in [-0.15, -0.1) is 0 Å². The number of urea groups is 1. The molecule has 3 rings (SSSR count). The van der Waals surface area contributed by atoms with E-state index in [4.69, 9.17) is 14.2 Å². The molecule has 1 heterocycles. The van der Waals surface area contributed by atoms with Crippen molar-refractivity contribution in [3.63, 3.8) is 0 Å². The number of amides is 3. The van der Waals surface area contributed by atoms with Crippen molar-refractivity contribution < 1.29 is 28.6 Å². The molecule has 1 aromatic rings. The Labute approximate surface area is 151 Å². The smallest absolute Gasteiger partial charge is 0.338 e. The van der Waals surface area contributed by atoms with Crippen LogP contribution >= 0.6 is 0 Å². The van der Waals surface area contributed by atoms with Gasteiger partial charge in [0, 0.05) is 12.6 Å². The molecule has 3 amide bonds. The molecule has 2 aliphatic rings. The summed E-state index contributed by atoms with van der Waals surface area (Å²) in [5, 5.41) is 4.72. The number of hydrogen-bond donors (Lipinski definition) is 2. The van der Waals surface area contributed by atoms with E-state index in [9.17, 15) is 14.4 Å². The predicted octanol–water partition coefficient (Wildman–Crippen LogP) is 1.39. The summed E-state index contributed by atoms with van der Waals surface area (Å²) in [4.78, 5) is 34.9. The van der Waals surface area contributed by atoms with Crippen LogP contribution in [-0.4, -0.2) is 49.9 Å². The molecule has 26 heavy (non-hydrogen) atoms. The minimum Gasteiger partial charge on any atom is -0.491 e. The predicted molar refractivity (Wildman–Crippen MR) is 90.9 cm³/mol. The van der Waals surface area contributed by atoms with Crippen LogP contribution in [0.15, 0.2) is 24.3 Å². The van der Waals surface area contributed by atoms with Gasteiger partial charge in [0.1, 0.15) is 12.4 Å². The number of benzene rings is 1. The number of carbonyl (C=O) groups is 3. The highest BCUT2D eigenvalue weighted by Crippen LogP contribution is 2.18. The third-order valence-corrected chi connectivity index (χ3v) is 4.05. The Morgan fingerprint density at radius 2 is 1.88 bits per heavy atom. The van der Waals surface area contributed by atoms with Crippen LogP contribution in [0.1, 0.15) is 36.0 Å². The van der Waals surface area contributed by atoms with E-state index < -0.39 is 24.5 Å². The lowest BCUT2D eigenvalue weighted by Crippen LogP contribution is -2.42. The fourth-order valence-corrected chi connectivity index (χ4v) is 2.48. The molecule has 1 saturated heterocycles. The van der Waals surface area contributed by atoms with Crippen LogP contribution in [0.2, 0.25) is 0 Å². The first-order valence-electron chi connectivity index (χ1n) is 8.72. The molecule has 1 saturated carbocycles. The third kappa shape index (κ3) is 5.73. The molecule has 2 fully saturated rings. The lowest BCUT2D eigenvalue weighted by atomic mass is 10.2. The maximum Gasteiger partial charge on any atom is 0.338 e. The van der Waals surface area contributed by atoms with Crippen molar-refractivity contribution in [3.05, 3.63) is 29.8 Å². The summed E-state index contributed by atoms with van der Waals surface area (Å²) < 4.78 is 16.0. The van der Waals surface area contributed by atoms with Crippen LogP contribution in [0, 0.1) is 0 Å². The first kappa shape index (κ1) is 18.2. The minimum atomic E-state index is -0.673. The highest BCUT2D eigenvalue weighted by Gasteiger charge is 2.24. The normalized spacial score (nSPS) is 18.8. The number of carbonyl (C=O) groups excluding carboxylic acids is 3. The van der Waals surface area contributed by atoms with E-state index in [0.29, 0.717) is 17.9 Å². The molecule has 8 heteroatoms. The molecule has 0 bridgehead atoms. The fourth-order valence-electron chi connectivity index (χ4n) is 2.48. The molecule has 0 unspecified atom stereocenters. The van der Waals surface area contributed by atoms with Crippen LogP contribution < -0.4 is 15.4 Å². The van der Waals surface area contributed by atoms with Gasteiger partial charge in [-0.1, -0.05) is 0 Å². The van der Waals surface area contributed by atoms with Crippen molar-refractivity contribution >= 4 is 17.9 Å². The molecule has 0 radical (unpaired) electrons. The van der Waals surface area contributed by atoms with Crippen LogP contribution in [0.5, 0.6) is 5.75 Å². The zero-order chi connectivity index (χ0) is 18.4. The molecule has 0 spiro atoms. The van der Waals surface area contributed by atoms with Crippen LogP contribution in [0.4, 0.5) is 4.79 Å². The van der Waals surface area contributed by atoms with Crippen molar-refractivity contribution in [2.75, 3.05) is 19.8 Å². The maximum atomic E-state index is 11.9. The monoisotopic (exact) mass is 362 g/mol. The van der Waals surface area contributed by atoms with Gasteiger partial charge in [-0.2, -0.15) is 0 Å². The largest absolute Gasteiger partial charge is 0.491 e. The Bertz CT molecular complexity index is 650. The van der Waals surface area contributed by atoms with Gasteiger partial charge in [0.15, 0.2) is 6.61 Å². The average molecular weight is 362 g/mol. The number of imide groups is 1. The van der Waals surface area contributed by atoms with Crippen LogP contribution in [0.25, 0.3) is 0 Å². The van der Waals surface area contributed by atoms with Crippen LogP contribution in [0.3, 0.4) is 0 Å². The summed E-state index contributed by atoms with van der Waals surface area (Å²) in [5.74, 6) is -0.687. The lowest BCUT2D eigenvalue weighted by Gasteiger charge is -2.11. The summed E-state index contributed by atoms with van der Waals surface area (Å²) in [6, 6.07) is 6.02. The maximum absolute atomic E-state index is 11.9. The molecule has 2 N–H and O–H groups in total. The molecular formula is C18H22N2O6. The van der Waals surface area contributed by atoms with Gasteiger partial charge in [-0.05, 0) is 49.9 Å². The van der Waals surface area contributed by atoms with Gasteiger partial charge in [-0.25, -0.2) is 9.59 Å². The second kappa shape index (κ2) is 8.66. The van der Waals surface area contributed by atoms with E-state index in [1.807, 2.05) is 0 Å². The first-order chi connectivity index (χ1) is 12.6. The van der Waals surface area contributed by atoms with Crippen molar-refractivity contribution in [2.45, 2.75) is 37.8 Å². The van der Waals surface area contributed by atoms with Crippen molar-refractivity contribution in [1.29, 1.82) is 0 Å². The number of rotatable bonds is 7. The SMILES string of the molecule is O=C(COC(=O)c1ccc(OC[C@@H]2CCCO2)cc1)NC(=O)NC1CC1. The Hall–Kier alpha value is -2.61. The highest BCUT2D eigenvalue weighted by molar-refractivity contribution is 5.97. The quantitative estimate of drug-likeness (QED) is 0.711. The Morgan fingerprint density at radius 3 is 2.54 bits per heavy atom. The molecular weight excluding hydrogens is 340 g/mol. The molecule has 1 atom stereocenters. The molecule has 1 aliphatic carbocycles. The third-order valence-electron chi connectivity index (χ3n) is 4.05. The van der Waals surface area contributed by atoms with Crippen LogP contribution in [-0.2, 0) is 14.3 Å². The van der Waals surface area contributed by atoms with Gasteiger partial charge in [0.2, 0.25) is 0 Å². The minimum absolute atomic E-state index is 0.121. The van der Waals surface area contributed by atoms with Crippen molar-refractivity contribution in [1.82, 2.24) is 10.6 Å². The summed E-state index contributed by atoms with van der Waals surface area (Å²) in [5.41, 5.74) is 0.296. The van der Waals surface area contributed by atoms with Crippen molar-refractivity contribution in [3.8, 4) is 5.75 Å². The zero-order valence-electron chi connectivity index (χ0n) is 14.4. The summed E-state index contributed by atoms with van der Waals surface area (Å²) in [7, 11) is 0. The van der Waals surface area contributed by atoms with E-state index in [1.54, 1.807) is 24.3 Å².